The van der Waals surface area contributed by atoms with E-state index in [-0.39, 0.29) is 6.10 Å². The predicted molar refractivity (Wildman–Crippen MR) is 75.1 cm³/mol. The van der Waals surface area contributed by atoms with Crippen molar-refractivity contribution in [3.05, 3.63) is 11.9 Å². The first-order valence-corrected chi connectivity index (χ1v) is 6.60. The van der Waals surface area contributed by atoms with E-state index >= 15 is 0 Å². The van der Waals surface area contributed by atoms with E-state index in [2.05, 4.69) is 27.5 Å². The minimum Gasteiger partial charge on any atom is -0.377 e. The van der Waals surface area contributed by atoms with Crippen LogP contribution in [0.25, 0.3) is 0 Å². The summed E-state index contributed by atoms with van der Waals surface area (Å²) in [4.78, 5) is 8.70. The molecule has 5 heteroatoms. The molecule has 0 radical (unpaired) electrons. The quantitative estimate of drug-likeness (QED) is 0.744. The van der Waals surface area contributed by atoms with Crippen LogP contribution in [0, 0.1) is 6.92 Å². The van der Waals surface area contributed by atoms with Crippen molar-refractivity contribution in [1.82, 2.24) is 9.97 Å². The lowest BCUT2D eigenvalue weighted by Crippen LogP contribution is -2.20. The summed E-state index contributed by atoms with van der Waals surface area (Å²) in [7, 11) is 0. The molecule has 102 valence electrons. The largest absolute Gasteiger partial charge is 0.377 e. The number of anilines is 2. The Morgan fingerprint density at radius 3 is 2.50 bits per heavy atom. The summed E-state index contributed by atoms with van der Waals surface area (Å²) in [5, 5.41) is 6.54. The van der Waals surface area contributed by atoms with Gasteiger partial charge in [-0.3, -0.25) is 0 Å². The number of aromatic nitrogens is 2. The molecular weight excluding hydrogens is 228 g/mol. The summed E-state index contributed by atoms with van der Waals surface area (Å²) in [5.74, 6) is 2.48. The fourth-order valence-corrected chi connectivity index (χ4v) is 1.59. The van der Waals surface area contributed by atoms with Crippen molar-refractivity contribution >= 4 is 11.6 Å². The molecule has 1 heterocycles. The van der Waals surface area contributed by atoms with Gasteiger partial charge in [0, 0.05) is 25.8 Å². The number of ether oxygens (including phenoxy) is 1. The van der Waals surface area contributed by atoms with Gasteiger partial charge in [0.15, 0.2) is 0 Å². The minimum absolute atomic E-state index is 0.178. The lowest BCUT2D eigenvalue weighted by molar-refractivity contribution is 0.0855. The average Bonchev–Trinajstić information content (AvgIpc) is 2.34. The van der Waals surface area contributed by atoms with E-state index < -0.39 is 0 Å². The topological polar surface area (TPSA) is 59.1 Å². The molecule has 0 saturated carbocycles. The maximum Gasteiger partial charge on any atom is 0.131 e. The molecule has 0 aliphatic carbocycles. The standard InChI is InChI=1S/C13H24N4O/c1-5-7-14-12-8-13(17-11(4)16-12)15-9-10(3)18-6-2/h8,10H,5-7,9H2,1-4H3,(H2,14,15,16,17). The van der Waals surface area contributed by atoms with Crippen LogP contribution in [-0.4, -0.2) is 35.8 Å². The summed E-state index contributed by atoms with van der Waals surface area (Å²) < 4.78 is 5.47. The van der Waals surface area contributed by atoms with Gasteiger partial charge in [0.05, 0.1) is 6.10 Å². The van der Waals surface area contributed by atoms with Gasteiger partial charge in [-0.1, -0.05) is 6.92 Å². The third-order valence-electron chi connectivity index (χ3n) is 2.42. The first-order chi connectivity index (χ1) is 8.65. The molecule has 0 spiro atoms. The number of hydrogen-bond acceptors (Lipinski definition) is 5. The van der Waals surface area contributed by atoms with Gasteiger partial charge in [-0.05, 0) is 27.2 Å². The molecule has 0 aliphatic heterocycles. The third-order valence-corrected chi connectivity index (χ3v) is 2.42. The molecule has 0 saturated heterocycles. The molecule has 1 aromatic heterocycles. The maximum absolute atomic E-state index is 5.47. The number of hydrogen-bond donors (Lipinski definition) is 2. The van der Waals surface area contributed by atoms with Gasteiger partial charge in [-0.2, -0.15) is 0 Å². The highest BCUT2D eigenvalue weighted by Crippen LogP contribution is 2.11. The van der Waals surface area contributed by atoms with Gasteiger partial charge in [0.25, 0.3) is 0 Å². The Hall–Kier alpha value is -1.36. The van der Waals surface area contributed by atoms with Crippen molar-refractivity contribution in [1.29, 1.82) is 0 Å². The number of nitrogens with one attached hydrogen (secondary N) is 2. The first kappa shape index (κ1) is 14.7. The van der Waals surface area contributed by atoms with E-state index in [1.807, 2.05) is 26.8 Å². The Labute approximate surface area is 109 Å². The summed E-state index contributed by atoms with van der Waals surface area (Å²) in [6, 6.07) is 1.93. The highest BCUT2D eigenvalue weighted by atomic mass is 16.5. The molecule has 0 aliphatic rings. The van der Waals surface area contributed by atoms with Gasteiger partial charge in [0.2, 0.25) is 0 Å². The third kappa shape index (κ3) is 5.31. The van der Waals surface area contributed by atoms with E-state index in [1.165, 1.54) is 0 Å². The van der Waals surface area contributed by atoms with Gasteiger partial charge < -0.3 is 15.4 Å². The molecule has 0 fully saturated rings. The fraction of sp³-hybridized carbons (Fsp3) is 0.692. The molecule has 0 aromatic carbocycles. The van der Waals surface area contributed by atoms with Crippen LogP contribution in [0.5, 0.6) is 0 Å². The summed E-state index contributed by atoms with van der Waals surface area (Å²) in [6.45, 7) is 10.5. The molecule has 18 heavy (non-hydrogen) atoms. The SMILES string of the molecule is CCCNc1cc(NCC(C)OCC)nc(C)n1. The second kappa shape index (κ2) is 7.87. The van der Waals surface area contributed by atoms with Crippen molar-refractivity contribution in [2.75, 3.05) is 30.3 Å². The first-order valence-electron chi connectivity index (χ1n) is 6.60. The normalized spacial score (nSPS) is 12.2. The fourth-order valence-electron chi connectivity index (χ4n) is 1.59. The second-order valence-electron chi connectivity index (χ2n) is 4.26. The smallest absolute Gasteiger partial charge is 0.131 e. The zero-order valence-corrected chi connectivity index (χ0v) is 11.8. The lowest BCUT2D eigenvalue weighted by atomic mass is 10.4. The van der Waals surface area contributed by atoms with Crippen molar-refractivity contribution in [2.45, 2.75) is 40.2 Å². The van der Waals surface area contributed by atoms with E-state index in [4.69, 9.17) is 4.74 Å². The molecule has 0 amide bonds. The second-order valence-corrected chi connectivity index (χ2v) is 4.26. The Morgan fingerprint density at radius 2 is 1.89 bits per heavy atom. The Balaban J connectivity index is 2.56. The van der Waals surface area contributed by atoms with Crippen LogP contribution in [-0.2, 0) is 4.74 Å². The van der Waals surface area contributed by atoms with Gasteiger partial charge in [0.1, 0.15) is 17.5 Å². The van der Waals surface area contributed by atoms with Crippen molar-refractivity contribution < 1.29 is 4.74 Å². The van der Waals surface area contributed by atoms with Crippen LogP contribution in [0.4, 0.5) is 11.6 Å². The monoisotopic (exact) mass is 252 g/mol. The van der Waals surface area contributed by atoms with E-state index in [0.29, 0.717) is 0 Å². The molecule has 1 rings (SSSR count). The highest BCUT2D eigenvalue weighted by molar-refractivity contribution is 5.47. The van der Waals surface area contributed by atoms with Gasteiger partial charge in [-0.25, -0.2) is 9.97 Å². The van der Waals surface area contributed by atoms with Crippen LogP contribution in [0.3, 0.4) is 0 Å². The zero-order valence-electron chi connectivity index (χ0n) is 11.8. The molecule has 1 unspecified atom stereocenters. The van der Waals surface area contributed by atoms with Crippen LogP contribution >= 0.6 is 0 Å². The molecule has 5 nitrogen and oxygen atoms in total. The molecule has 1 atom stereocenters. The van der Waals surface area contributed by atoms with Crippen LogP contribution in [0.2, 0.25) is 0 Å². The van der Waals surface area contributed by atoms with E-state index in [9.17, 15) is 0 Å². The highest BCUT2D eigenvalue weighted by Gasteiger charge is 2.04. The Bertz CT molecular complexity index is 357. The number of aryl methyl sites for hydroxylation is 1. The Kier molecular flexibility index (Phi) is 6.43. The van der Waals surface area contributed by atoms with Crippen molar-refractivity contribution in [3.8, 4) is 0 Å². The lowest BCUT2D eigenvalue weighted by Gasteiger charge is -2.14. The van der Waals surface area contributed by atoms with Crippen LogP contribution in [0.15, 0.2) is 6.07 Å². The zero-order chi connectivity index (χ0) is 13.4. The van der Waals surface area contributed by atoms with Gasteiger partial charge >= 0.3 is 0 Å². The Morgan fingerprint density at radius 1 is 1.22 bits per heavy atom. The van der Waals surface area contributed by atoms with Gasteiger partial charge in [-0.15, -0.1) is 0 Å². The van der Waals surface area contributed by atoms with E-state index in [0.717, 1.165) is 43.6 Å². The molecule has 2 N–H and O–H groups in total. The molecular formula is C13H24N4O. The number of rotatable bonds is 8. The minimum atomic E-state index is 0.178. The molecule has 1 aromatic rings. The van der Waals surface area contributed by atoms with Crippen LogP contribution < -0.4 is 10.6 Å². The summed E-state index contributed by atoms with van der Waals surface area (Å²) in [5.41, 5.74) is 0. The summed E-state index contributed by atoms with van der Waals surface area (Å²) >= 11 is 0. The maximum atomic E-state index is 5.47. The van der Waals surface area contributed by atoms with Crippen molar-refractivity contribution in [2.24, 2.45) is 0 Å². The van der Waals surface area contributed by atoms with Crippen LogP contribution in [0.1, 0.15) is 33.0 Å². The van der Waals surface area contributed by atoms with E-state index in [1.54, 1.807) is 0 Å². The predicted octanol–water partition coefficient (Wildman–Crippen LogP) is 2.44. The molecule has 0 bridgehead atoms. The number of nitrogens with zero attached hydrogens (tertiary/aromatic N) is 2. The average molecular weight is 252 g/mol. The van der Waals surface area contributed by atoms with Crippen molar-refractivity contribution in [3.63, 3.8) is 0 Å². The summed E-state index contributed by atoms with van der Waals surface area (Å²) in [6.07, 6.45) is 1.25.